The van der Waals surface area contributed by atoms with Gasteiger partial charge in [-0.25, -0.2) is 0 Å². The zero-order chi connectivity index (χ0) is 21.8. The number of anilines is 1. The van der Waals surface area contributed by atoms with Crippen LogP contribution in [0, 0.1) is 5.92 Å². The van der Waals surface area contributed by atoms with Crippen molar-refractivity contribution in [3.8, 4) is 0 Å². The van der Waals surface area contributed by atoms with E-state index in [1.54, 1.807) is 0 Å². The topological polar surface area (TPSA) is 44.7 Å². The second kappa shape index (κ2) is 10.2. The quantitative estimate of drug-likeness (QED) is 0.453. The number of nitrogens with zero attached hydrogens (tertiary/aromatic N) is 2. The molecule has 1 aliphatic heterocycles. The molecular formula is C25H29BrClN3O. The zero-order valence-corrected chi connectivity index (χ0v) is 20.2. The van der Waals surface area contributed by atoms with Gasteiger partial charge < -0.3 is 5.32 Å². The second-order valence-electron chi connectivity index (χ2n) is 8.45. The van der Waals surface area contributed by atoms with Crippen LogP contribution in [0.25, 0.3) is 0 Å². The van der Waals surface area contributed by atoms with E-state index in [1.165, 1.54) is 25.7 Å². The predicted molar refractivity (Wildman–Crippen MR) is 132 cm³/mol. The Morgan fingerprint density at radius 1 is 1.10 bits per heavy atom. The van der Waals surface area contributed by atoms with Crippen LogP contribution in [0.15, 0.2) is 58.1 Å². The summed E-state index contributed by atoms with van der Waals surface area (Å²) in [7, 11) is 0. The summed E-state index contributed by atoms with van der Waals surface area (Å²) in [5, 5.41) is 10.8. The molecule has 31 heavy (non-hydrogen) atoms. The van der Waals surface area contributed by atoms with Crippen molar-refractivity contribution < 1.29 is 4.79 Å². The first kappa shape index (κ1) is 22.3. The number of benzene rings is 2. The first-order valence-corrected chi connectivity index (χ1v) is 12.4. The van der Waals surface area contributed by atoms with Gasteiger partial charge in [0.2, 0.25) is 0 Å². The number of carbonyl (C=O) groups is 1. The SMILES string of the molecule is CC[C@@H]1C(C(=O)NC2CCCCCC2)=NN(c2ccccc2Cl)[C@@H]1c1ccc(Br)cc1. The van der Waals surface area contributed by atoms with Crippen LogP contribution < -0.4 is 10.3 Å². The van der Waals surface area contributed by atoms with Crippen molar-refractivity contribution >= 4 is 44.8 Å². The van der Waals surface area contributed by atoms with Crippen molar-refractivity contribution in [3.05, 3.63) is 63.6 Å². The molecule has 164 valence electrons. The third-order valence-electron chi connectivity index (χ3n) is 6.38. The lowest BCUT2D eigenvalue weighted by molar-refractivity contribution is -0.115. The molecule has 0 saturated heterocycles. The Morgan fingerprint density at radius 3 is 2.42 bits per heavy atom. The van der Waals surface area contributed by atoms with Gasteiger partial charge in [0.15, 0.2) is 0 Å². The lowest BCUT2D eigenvalue weighted by atomic mass is 9.87. The number of para-hydroxylation sites is 1. The summed E-state index contributed by atoms with van der Waals surface area (Å²) in [6.07, 6.45) is 7.82. The Hall–Kier alpha value is -1.85. The Morgan fingerprint density at radius 2 is 1.77 bits per heavy atom. The van der Waals surface area contributed by atoms with Crippen LogP contribution in [-0.4, -0.2) is 17.7 Å². The Bertz CT molecular complexity index is 938. The lowest BCUT2D eigenvalue weighted by Crippen LogP contribution is -2.41. The zero-order valence-electron chi connectivity index (χ0n) is 17.9. The van der Waals surface area contributed by atoms with E-state index in [2.05, 4.69) is 40.3 Å². The second-order valence-corrected chi connectivity index (χ2v) is 9.78. The average molecular weight is 503 g/mol. The fourth-order valence-electron chi connectivity index (χ4n) is 4.76. The van der Waals surface area contributed by atoms with E-state index < -0.39 is 0 Å². The van der Waals surface area contributed by atoms with Gasteiger partial charge in [0.25, 0.3) is 5.91 Å². The number of nitrogens with one attached hydrogen (secondary N) is 1. The first-order chi connectivity index (χ1) is 15.1. The van der Waals surface area contributed by atoms with Gasteiger partial charge in [-0.15, -0.1) is 0 Å². The molecule has 1 amide bonds. The summed E-state index contributed by atoms with van der Waals surface area (Å²) >= 11 is 10.1. The molecule has 1 aliphatic carbocycles. The van der Waals surface area contributed by atoms with Gasteiger partial charge >= 0.3 is 0 Å². The molecule has 0 unspecified atom stereocenters. The molecular weight excluding hydrogens is 474 g/mol. The van der Waals surface area contributed by atoms with Gasteiger partial charge in [-0.3, -0.25) is 9.80 Å². The summed E-state index contributed by atoms with van der Waals surface area (Å²) in [6, 6.07) is 16.2. The van der Waals surface area contributed by atoms with Gasteiger partial charge in [-0.2, -0.15) is 5.10 Å². The van der Waals surface area contributed by atoms with Gasteiger partial charge in [-0.1, -0.05) is 84.4 Å². The van der Waals surface area contributed by atoms with Gasteiger partial charge in [0.1, 0.15) is 5.71 Å². The summed E-state index contributed by atoms with van der Waals surface area (Å²) in [6.45, 7) is 2.13. The highest BCUT2D eigenvalue weighted by molar-refractivity contribution is 9.10. The average Bonchev–Trinajstić information content (AvgIpc) is 2.97. The largest absolute Gasteiger partial charge is 0.348 e. The highest BCUT2D eigenvalue weighted by Crippen LogP contribution is 2.43. The van der Waals surface area contributed by atoms with Crippen molar-refractivity contribution in [1.29, 1.82) is 0 Å². The molecule has 4 nitrogen and oxygen atoms in total. The summed E-state index contributed by atoms with van der Waals surface area (Å²) < 4.78 is 1.03. The van der Waals surface area contributed by atoms with Crippen LogP contribution in [-0.2, 0) is 4.79 Å². The molecule has 2 aromatic carbocycles. The summed E-state index contributed by atoms with van der Waals surface area (Å²) in [5.41, 5.74) is 2.56. The number of rotatable bonds is 5. The van der Waals surface area contributed by atoms with E-state index in [-0.39, 0.29) is 23.9 Å². The van der Waals surface area contributed by atoms with Gasteiger partial charge in [0.05, 0.1) is 16.8 Å². The fourth-order valence-corrected chi connectivity index (χ4v) is 5.25. The Balaban J connectivity index is 1.68. The highest BCUT2D eigenvalue weighted by Gasteiger charge is 2.41. The third kappa shape index (κ3) is 4.98. The molecule has 0 bridgehead atoms. The molecule has 2 atom stereocenters. The Labute approximate surface area is 198 Å². The maximum Gasteiger partial charge on any atom is 0.268 e. The minimum Gasteiger partial charge on any atom is -0.348 e. The molecule has 1 N–H and O–H groups in total. The molecule has 2 aliphatic rings. The van der Waals surface area contributed by atoms with Crippen molar-refractivity contribution in [1.82, 2.24) is 5.32 Å². The van der Waals surface area contributed by atoms with E-state index in [9.17, 15) is 4.79 Å². The monoisotopic (exact) mass is 501 g/mol. The molecule has 2 aromatic rings. The van der Waals surface area contributed by atoms with Crippen molar-refractivity contribution in [2.24, 2.45) is 11.0 Å². The van der Waals surface area contributed by atoms with Crippen LogP contribution in [0.4, 0.5) is 5.69 Å². The van der Waals surface area contributed by atoms with E-state index in [4.69, 9.17) is 16.7 Å². The van der Waals surface area contributed by atoms with Crippen LogP contribution in [0.1, 0.15) is 63.5 Å². The van der Waals surface area contributed by atoms with E-state index in [0.29, 0.717) is 10.7 Å². The minimum atomic E-state index is -0.0760. The van der Waals surface area contributed by atoms with Gasteiger partial charge in [0, 0.05) is 16.4 Å². The predicted octanol–water partition coefficient (Wildman–Crippen LogP) is 6.89. The number of carbonyl (C=O) groups excluding carboxylic acids is 1. The molecule has 0 aromatic heterocycles. The van der Waals surface area contributed by atoms with Crippen molar-refractivity contribution in [2.75, 3.05) is 5.01 Å². The normalized spacial score (nSPS) is 22.2. The molecule has 1 heterocycles. The molecule has 0 spiro atoms. The number of amides is 1. The number of hydrazone groups is 1. The minimum absolute atomic E-state index is 0.0109. The van der Waals surface area contributed by atoms with Crippen LogP contribution in [0.5, 0.6) is 0 Å². The molecule has 4 rings (SSSR count). The maximum atomic E-state index is 13.4. The van der Waals surface area contributed by atoms with Gasteiger partial charge in [-0.05, 0) is 49.1 Å². The van der Waals surface area contributed by atoms with Crippen LogP contribution >= 0.6 is 27.5 Å². The molecule has 6 heteroatoms. The molecule has 0 radical (unpaired) electrons. The maximum absolute atomic E-state index is 13.4. The summed E-state index contributed by atoms with van der Waals surface area (Å²) in [5.74, 6) is -0.0429. The van der Waals surface area contributed by atoms with Crippen LogP contribution in [0.3, 0.4) is 0 Å². The van der Waals surface area contributed by atoms with E-state index in [0.717, 1.165) is 35.0 Å². The summed E-state index contributed by atoms with van der Waals surface area (Å²) in [4.78, 5) is 13.4. The highest BCUT2D eigenvalue weighted by atomic mass is 79.9. The standard InChI is InChI=1S/C25H29BrClN3O/c1-2-20-23(25(31)28-19-9-5-3-4-6-10-19)29-30(22-12-8-7-11-21(22)27)24(20)17-13-15-18(26)16-14-17/h7-8,11-16,19-20,24H,2-6,9-10H2,1H3,(H,28,31)/t20-,24-/m1/s1. The van der Waals surface area contributed by atoms with E-state index >= 15 is 0 Å². The smallest absolute Gasteiger partial charge is 0.268 e. The fraction of sp³-hybridized carbons (Fsp3) is 0.440. The number of hydrogen-bond acceptors (Lipinski definition) is 3. The molecule has 1 fully saturated rings. The third-order valence-corrected chi connectivity index (χ3v) is 7.23. The van der Waals surface area contributed by atoms with Crippen molar-refractivity contribution in [2.45, 2.75) is 64.0 Å². The molecule has 1 saturated carbocycles. The lowest BCUT2D eigenvalue weighted by Gasteiger charge is -2.28. The Kier molecular flexibility index (Phi) is 7.34. The number of hydrogen-bond donors (Lipinski definition) is 1. The first-order valence-electron chi connectivity index (χ1n) is 11.3. The number of halogens is 2. The van der Waals surface area contributed by atoms with Crippen molar-refractivity contribution in [3.63, 3.8) is 0 Å². The van der Waals surface area contributed by atoms with E-state index in [1.807, 2.05) is 41.4 Å². The van der Waals surface area contributed by atoms with Crippen LogP contribution in [0.2, 0.25) is 5.02 Å².